The van der Waals surface area contributed by atoms with Crippen molar-refractivity contribution in [2.75, 3.05) is 17.7 Å². The SMILES string of the molecule is Cc1cc(NC(=O)CCNC(=O)CCl)ccc1F. The molecule has 0 bridgehead atoms. The van der Waals surface area contributed by atoms with E-state index in [2.05, 4.69) is 10.6 Å². The molecule has 18 heavy (non-hydrogen) atoms. The lowest BCUT2D eigenvalue weighted by Gasteiger charge is -2.07. The van der Waals surface area contributed by atoms with Crippen LogP contribution in [0.3, 0.4) is 0 Å². The highest BCUT2D eigenvalue weighted by atomic mass is 35.5. The summed E-state index contributed by atoms with van der Waals surface area (Å²) in [6.07, 6.45) is 0.138. The van der Waals surface area contributed by atoms with Crippen molar-refractivity contribution in [1.29, 1.82) is 0 Å². The van der Waals surface area contributed by atoms with Crippen molar-refractivity contribution in [1.82, 2.24) is 5.32 Å². The van der Waals surface area contributed by atoms with Crippen LogP contribution in [-0.4, -0.2) is 24.2 Å². The molecule has 1 aromatic carbocycles. The topological polar surface area (TPSA) is 58.2 Å². The van der Waals surface area contributed by atoms with Gasteiger partial charge in [-0.05, 0) is 30.7 Å². The van der Waals surface area contributed by atoms with E-state index in [1.165, 1.54) is 12.1 Å². The van der Waals surface area contributed by atoms with E-state index >= 15 is 0 Å². The first-order valence-corrected chi connectivity index (χ1v) is 5.95. The highest BCUT2D eigenvalue weighted by molar-refractivity contribution is 6.27. The molecule has 1 aromatic rings. The van der Waals surface area contributed by atoms with Gasteiger partial charge < -0.3 is 10.6 Å². The average Bonchev–Trinajstić information content (AvgIpc) is 2.33. The Morgan fingerprint density at radius 2 is 2.06 bits per heavy atom. The van der Waals surface area contributed by atoms with Crippen molar-refractivity contribution in [2.45, 2.75) is 13.3 Å². The summed E-state index contributed by atoms with van der Waals surface area (Å²) < 4.78 is 13.0. The molecule has 0 saturated carbocycles. The third-order valence-corrected chi connectivity index (χ3v) is 2.48. The Balaban J connectivity index is 2.40. The molecule has 6 heteroatoms. The summed E-state index contributed by atoms with van der Waals surface area (Å²) in [7, 11) is 0. The van der Waals surface area contributed by atoms with Crippen LogP contribution in [0.25, 0.3) is 0 Å². The van der Waals surface area contributed by atoms with Crippen LogP contribution < -0.4 is 10.6 Å². The molecule has 0 unspecified atom stereocenters. The molecule has 98 valence electrons. The lowest BCUT2D eigenvalue weighted by atomic mass is 10.2. The summed E-state index contributed by atoms with van der Waals surface area (Å²) in [5.74, 6) is -1.01. The Morgan fingerprint density at radius 1 is 1.33 bits per heavy atom. The number of carbonyl (C=O) groups is 2. The minimum Gasteiger partial charge on any atom is -0.355 e. The van der Waals surface area contributed by atoms with Crippen molar-refractivity contribution in [3.8, 4) is 0 Å². The quantitative estimate of drug-likeness (QED) is 0.804. The molecule has 0 aliphatic carbocycles. The third-order valence-electron chi connectivity index (χ3n) is 2.24. The predicted octanol–water partition coefficient (Wildman–Crippen LogP) is 1.82. The van der Waals surface area contributed by atoms with Gasteiger partial charge in [-0.2, -0.15) is 0 Å². The third kappa shape index (κ3) is 4.71. The second-order valence-electron chi connectivity index (χ2n) is 3.75. The molecule has 0 radical (unpaired) electrons. The maximum atomic E-state index is 13.0. The summed E-state index contributed by atoms with van der Waals surface area (Å²) in [6, 6.07) is 4.32. The molecule has 0 saturated heterocycles. The molecular weight excluding hydrogens is 259 g/mol. The van der Waals surface area contributed by atoms with Crippen LogP contribution in [-0.2, 0) is 9.59 Å². The number of nitrogens with one attached hydrogen (secondary N) is 2. The van der Waals surface area contributed by atoms with Crippen LogP contribution in [0.4, 0.5) is 10.1 Å². The van der Waals surface area contributed by atoms with E-state index in [0.29, 0.717) is 11.3 Å². The summed E-state index contributed by atoms with van der Waals surface area (Å²) in [5.41, 5.74) is 0.991. The maximum absolute atomic E-state index is 13.0. The molecule has 0 fully saturated rings. The Hall–Kier alpha value is -1.62. The minimum atomic E-state index is -0.318. The van der Waals surface area contributed by atoms with Crippen LogP contribution in [0.1, 0.15) is 12.0 Å². The first-order valence-electron chi connectivity index (χ1n) is 5.41. The first kappa shape index (κ1) is 14.4. The van der Waals surface area contributed by atoms with Crippen LogP contribution >= 0.6 is 11.6 Å². The van der Waals surface area contributed by atoms with E-state index in [9.17, 15) is 14.0 Å². The Bertz CT molecular complexity index is 452. The van der Waals surface area contributed by atoms with E-state index in [1.54, 1.807) is 13.0 Å². The number of carbonyl (C=O) groups excluding carboxylic acids is 2. The summed E-state index contributed by atoms with van der Waals surface area (Å²) >= 11 is 5.28. The predicted molar refractivity (Wildman–Crippen MR) is 68.1 cm³/mol. The first-order chi connectivity index (χ1) is 8.52. The number of alkyl halides is 1. The standard InChI is InChI=1S/C12H14ClFN2O2/c1-8-6-9(2-3-10(8)14)16-11(17)4-5-15-12(18)7-13/h2-3,6H,4-5,7H2,1H3,(H,15,18)(H,16,17). The number of hydrogen-bond donors (Lipinski definition) is 2. The zero-order valence-corrected chi connectivity index (χ0v) is 10.7. The van der Waals surface area contributed by atoms with Gasteiger partial charge in [-0.25, -0.2) is 4.39 Å². The van der Waals surface area contributed by atoms with Crippen molar-refractivity contribution < 1.29 is 14.0 Å². The fourth-order valence-electron chi connectivity index (χ4n) is 1.31. The molecule has 0 aromatic heterocycles. The fraction of sp³-hybridized carbons (Fsp3) is 0.333. The van der Waals surface area contributed by atoms with Gasteiger partial charge in [0.2, 0.25) is 11.8 Å². The molecule has 2 amide bonds. The van der Waals surface area contributed by atoms with E-state index in [1.807, 2.05) is 0 Å². The number of amides is 2. The maximum Gasteiger partial charge on any atom is 0.234 e. The minimum absolute atomic E-state index is 0.126. The number of aryl methyl sites for hydroxylation is 1. The van der Waals surface area contributed by atoms with Gasteiger partial charge in [-0.3, -0.25) is 9.59 Å². The lowest BCUT2D eigenvalue weighted by molar-refractivity contribution is -0.119. The summed E-state index contributed by atoms with van der Waals surface area (Å²) in [6.45, 7) is 1.84. The summed E-state index contributed by atoms with van der Waals surface area (Å²) in [5, 5.41) is 5.09. The highest BCUT2D eigenvalue weighted by Crippen LogP contribution is 2.13. The van der Waals surface area contributed by atoms with Gasteiger partial charge in [-0.1, -0.05) is 0 Å². The number of rotatable bonds is 5. The molecule has 0 heterocycles. The molecule has 4 nitrogen and oxygen atoms in total. The van der Waals surface area contributed by atoms with E-state index < -0.39 is 0 Å². The Morgan fingerprint density at radius 3 is 2.67 bits per heavy atom. The molecule has 0 aliphatic heterocycles. The zero-order valence-electron chi connectivity index (χ0n) is 9.93. The van der Waals surface area contributed by atoms with Crippen molar-refractivity contribution >= 4 is 29.1 Å². The van der Waals surface area contributed by atoms with Crippen LogP contribution in [0.2, 0.25) is 0 Å². The summed E-state index contributed by atoms with van der Waals surface area (Å²) in [4.78, 5) is 22.3. The van der Waals surface area contributed by atoms with Crippen LogP contribution in [0, 0.1) is 12.7 Å². The van der Waals surface area contributed by atoms with E-state index in [4.69, 9.17) is 11.6 Å². The normalized spacial score (nSPS) is 9.94. The van der Waals surface area contributed by atoms with Crippen molar-refractivity contribution in [3.05, 3.63) is 29.6 Å². The average molecular weight is 273 g/mol. The van der Waals surface area contributed by atoms with Gasteiger partial charge in [0, 0.05) is 18.7 Å². The number of anilines is 1. The van der Waals surface area contributed by atoms with Gasteiger partial charge in [-0.15, -0.1) is 11.6 Å². The second kappa shape index (κ2) is 6.96. The zero-order chi connectivity index (χ0) is 13.5. The van der Waals surface area contributed by atoms with Crippen molar-refractivity contribution in [2.24, 2.45) is 0 Å². The second-order valence-corrected chi connectivity index (χ2v) is 4.01. The van der Waals surface area contributed by atoms with Gasteiger partial charge in [0.15, 0.2) is 0 Å². The van der Waals surface area contributed by atoms with Gasteiger partial charge >= 0.3 is 0 Å². The smallest absolute Gasteiger partial charge is 0.234 e. The molecule has 1 rings (SSSR count). The molecule has 0 atom stereocenters. The molecule has 2 N–H and O–H groups in total. The monoisotopic (exact) mass is 272 g/mol. The van der Waals surface area contributed by atoms with Gasteiger partial charge in [0.05, 0.1) is 0 Å². The Labute approximate surface area is 110 Å². The van der Waals surface area contributed by atoms with Crippen LogP contribution in [0.15, 0.2) is 18.2 Å². The van der Waals surface area contributed by atoms with Gasteiger partial charge in [0.1, 0.15) is 11.7 Å². The number of hydrogen-bond acceptors (Lipinski definition) is 2. The van der Waals surface area contributed by atoms with Crippen molar-refractivity contribution in [3.63, 3.8) is 0 Å². The van der Waals surface area contributed by atoms with E-state index in [-0.39, 0.29) is 36.5 Å². The number of benzene rings is 1. The Kier molecular flexibility index (Phi) is 5.58. The molecule has 0 aliphatic rings. The lowest BCUT2D eigenvalue weighted by Crippen LogP contribution is -2.28. The molecular formula is C12H14ClFN2O2. The number of halogens is 2. The van der Waals surface area contributed by atoms with E-state index in [0.717, 1.165) is 0 Å². The molecule has 0 spiro atoms. The largest absolute Gasteiger partial charge is 0.355 e. The van der Waals surface area contributed by atoms with Crippen LogP contribution in [0.5, 0.6) is 0 Å². The van der Waals surface area contributed by atoms with Gasteiger partial charge in [0.25, 0.3) is 0 Å². The highest BCUT2D eigenvalue weighted by Gasteiger charge is 2.05. The fourth-order valence-corrected chi connectivity index (χ4v) is 1.40.